The monoisotopic (exact) mass is 500 g/mol. The summed E-state index contributed by atoms with van der Waals surface area (Å²) in [4.78, 5) is 12.6. The summed E-state index contributed by atoms with van der Waals surface area (Å²) >= 11 is 0. The highest BCUT2D eigenvalue weighted by Crippen LogP contribution is 2.35. The summed E-state index contributed by atoms with van der Waals surface area (Å²) in [5.41, 5.74) is 4.24. The first kappa shape index (κ1) is 27.4. The highest BCUT2D eigenvalue weighted by Gasteiger charge is 2.51. The van der Waals surface area contributed by atoms with Crippen LogP contribution >= 0.6 is 0 Å². The van der Waals surface area contributed by atoms with Crippen LogP contribution in [0.4, 0.5) is 0 Å². The van der Waals surface area contributed by atoms with Crippen LogP contribution in [0.2, 0.25) is 18.1 Å². The minimum absolute atomic E-state index is 0.0876. The fraction of sp³-hybridized carbons (Fsp3) is 0.593. The molecule has 35 heavy (non-hydrogen) atoms. The molecule has 0 saturated carbocycles. The number of benzene rings is 1. The first-order chi connectivity index (χ1) is 17.0. The molecule has 0 aromatic heterocycles. The topological polar surface area (TPSA) is 83.5 Å². The second-order valence-corrected chi connectivity index (χ2v) is 13.7. The van der Waals surface area contributed by atoms with Crippen LogP contribution in [0.1, 0.15) is 45.5 Å². The summed E-state index contributed by atoms with van der Waals surface area (Å²) in [7, 11) is -0.0998. The highest BCUT2D eigenvalue weighted by atomic mass is 28.3. The van der Waals surface area contributed by atoms with E-state index in [4.69, 9.17) is 23.7 Å². The molecule has 0 unspecified atom stereocenters. The fourth-order valence-corrected chi connectivity index (χ4v) is 6.69. The summed E-state index contributed by atoms with van der Waals surface area (Å²) < 4.78 is 28.6. The third kappa shape index (κ3) is 6.95. The van der Waals surface area contributed by atoms with Gasteiger partial charge in [-0.1, -0.05) is 57.0 Å². The Balaban J connectivity index is 1.62. The lowest BCUT2D eigenvalue weighted by Crippen LogP contribution is -2.63. The van der Waals surface area contributed by atoms with Gasteiger partial charge in [0.1, 0.15) is 26.4 Å². The van der Waals surface area contributed by atoms with Gasteiger partial charge in [0.25, 0.3) is 0 Å². The van der Waals surface area contributed by atoms with Gasteiger partial charge in [-0.15, -0.1) is 5.54 Å². The number of hydrogen-bond donors (Lipinski definition) is 1. The van der Waals surface area contributed by atoms with E-state index >= 15 is 0 Å². The Morgan fingerprint density at radius 3 is 2.49 bits per heavy atom. The van der Waals surface area contributed by atoms with Crippen molar-refractivity contribution in [3.63, 3.8) is 0 Å². The zero-order chi connectivity index (χ0) is 25.3. The number of carbonyl (C=O) groups is 1. The fourth-order valence-electron chi connectivity index (χ4n) is 4.33. The SMILES string of the molecule is CC[Si](C#CC#CCCC(=O)O[C@@H]1[C@@H](O)[C@@H](OC)O[C@@H]2CO[C@@H](c3ccccc3)O[C@@H]12)(CC)CC. The number of aliphatic hydroxyl groups excluding tert-OH is 1. The average molecular weight is 501 g/mol. The molecule has 1 N–H and O–H groups in total. The molecule has 0 aliphatic carbocycles. The van der Waals surface area contributed by atoms with Crippen molar-refractivity contribution in [2.24, 2.45) is 0 Å². The standard InChI is InChI=1S/C27H36O7Si/c1-5-35(6-2,7-3)18-14-9-8-13-17-22(28)33-25-23(29)27(30-4)32-21-19-31-26(34-24(21)25)20-15-11-10-12-16-20/h10-12,15-16,21,23-27,29H,5-7,13,17,19H2,1-4H3/t21-,23-,24-,25-,26-,27+/m1/s1. The van der Waals surface area contributed by atoms with Crippen molar-refractivity contribution in [1.29, 1.82) is 0 Å². The Morgan fingerprint density at radius 2 is 1.83 bits per heavy atom. The summed E-state index contributed by atoms with van der Waals surface area (Å²) in [6.45, 7) is 6.81. The molecule has 2 saturated heterocycles. The van der Waals surface area contributed by atoms with Crippen molar-refractivity contribution in [3.05, 3.63) is 35.9 Å². The zero-order valence-corrected chi connectivity index (χ0v) is 22.0. The molecule has 0 bridgehead atoms. The van der Waals surface area contributed by atoms with Crippen LogP contribution in [0.5, 0.6) is 0 Å². The third-order valence-corrected chi connectivity index (χ3v) is 11.6. The van der Waals surface area contributed by atoms with Crippen LogP contribution in [0, 0.1) is 23.3 Å². The van der Waals surface area contributed by atoms with E-state index in [1.54, 1.807) is 0 Å². The maximum Gasteiger partial charge on any atom is 0.307 e. The van der Waals surface area contributed by atoms with Crippen molar-refractivity contribution in [2.45, 2.75) is 88.7 Å². The molecule has 6 atom stereocenters. The van der Waals surface area contributed by atoms with Crippen molar-refractivity contribution < 1.29 is 33.6 Å². The number of ether oxygens (including phenoxy) is 5. The Bertz CT molecular complexity index is 933. The molecule has 7 nitrogen and oxygen atoms in total. The number of hydrogen-bond acceptors (Lipinski definition) is 7. The Labute approximate surface area is 209 Å². The van der Waals surface area contributed by atoms with Gasteiger partial charge < -0.3 is 28.8 Å². The van der Waals surface area contributed by atoms with Gasteiger partial charge in [0.2, 0.25) is 0 Å². The highest BCUT2D eigenvalue weighted by molar-refractivity contribution is 6.87. The van der Waals surface area contributed by atoms with Crippen LogP contribution in [0.3, 0.4) is 0 Å². The number of methoxy groups -OCH3 is 1. The summed E-state index contributed by atoms with van der Waals surface area (Å²) in [5, 5.41) is 10.8. The zero-order valence-electron chi connectivity index (χ0n) is 21.0. The number of carbonyl (C=O) groups excluding carboxylic acids is 1. The number of esters is 1. The molecule has 0 amide bonds. The van der Waals surface area contributed by atoms with Crippen molar-refractivity contribution in [2.75, 3.05) is 13.7 Å². The van der Waals surface area contributed by atoms with Crippen molar-refractivity contribution >= 4 is 14.0 Å². The maximum absolute atomic E-state index is 12.6. The van der Waals surface area contributed by atoms with Crippen LogP contribution in [-0.4, -0.2) is 63.6 Å². The summed E-state index contributed by atoms with van der Waals surface area (Å²) in [6.07, 6.45) is -4.60. The van der Waals surface area contributed by atoms with E-state index < -0.39 is 51.0 Å². The predicted molar refractivity (Wildman–Crippen MR) is 134 cm³/mol. The van der Waals surface area contributed by atoms with Gasteiger partial charge in [0, 0.05) is 19.1 Å². The smallest absolute Gasteiger partial charge is 0.307 e. The average Bonchev–Trinajstić information content (AvgIpc) is 2.90. The summed E-state index contributed by atoms with van der Waals surface area (Å²) in [6, 6.07) is 12.8. The van der Waals surface area contributed by atoms with Crippen molar-refractivity contribution in [3.8, 4) is 23.3 Å². The molecular weight excluding hydrogens is 464 g/mol. The third-order valence-electron chi connectivity index (χ3n) is 6.84. The minimum atomic E-state index is -1.52. The Hall–Kier alpha value is -2.17. The van der Waals surface area contributed by atoms with Crippen LogP contribution in [0.25, 0.3) is 0 Å². The first-order valence-electron chi connectivity index (χ1n) is 12.3. The molecule has 2 aliphatic heterocycles. The molecule has 3 rings (SSSR count). The molecule has 2 aliphatic rings. The Kier molecular flexibility index (Phi) is 10.4. The van der Waals surface area contributed by atoms with Gasteiger partial charge in [-0.3, -0.25) is 4.79 Å². The van der Waals surface area contributed by atoms with Crippen LogP contribution in [-0.2, 0) is 28.5 Å². The normalized spacial score (nSPS) is 28.0. The van der Waals surface area contributed by atoms with E-state index in [0.717, 1.165) is 23.7 Å². The first-order valence-corrected chi connectivity index (χ1v) is 15.0. The summed E-state index contributed by atoms with van der Waals surface area (Å²) in [5.74, 6) is 8.36. The largest absolute Gasteiger partial charge is 0.456 e. The lowest BCUT2D eigenvalue weighted by molar-refractivity contribution is -0.358. The van der Waals surface area contributed by atoms with Gasteiger partial charge in [-0.05, 0) is 30.0 Å². The van der Waals surface area contributed by atoms with E-state index in [1.807, 2.05) is 30.3 Å². The molecule has 0 radical (unpaired) electrons. The molecule has 0 spiro atoms. The number of rotatable bonds is 8. The molecular formula is C27H36O7Si. The van der Waals surface area contributed by atoms with Gasteiger partial charge in [-0.2, -0.15) is 0 Å². The molecule has 1 aromatic rings. The van der Waals surface area contributed by atoms with E-state index in [1.165, 1.54) is 7.11 Å². The second-order valence-electron chi connectivity index (χ2n) is 8.79. The van der Waals surface area contributed by atoms with Gasteiger partial charge in [-0.25, -0.2) is 0 Å². The molecule has 2 heterocycles. The molecule has 2 fully saturated rings. The van der Waals surface area contributed by atoms with Crippen LogP contribution in [0.15, 0.2) is 30.3 Å². The van der Waals surface area contributed by atoms with Gasteiger partial charge >= 0.3 is 5.97 Å². The van der Waals surface area contributed by atoms with Crippen molar-refractivity contribution in [1.82, 2.24) is 0 Å². The van der Waals surface area contributed by atoms with E-state index in [2.05, 4.69) is 44.1 Å². The van der Waals surface area contributed by atoms with Crippen LogP contribution < -0.4 is 0 Å². The molecule has 190 valence electrons. The number of aliphatic hydroxyl groups is 1. The van der Waals surface area contributed by atoms with E-state index in [9.17, 15) is 9.90 Å². The lowest BCUT2D eigenvalue weighted by Gasteiger charge is -2.47. The number of fused-ring (bicyclic) bond motifs is 1. The maximum atomic E-state index is 12.6. The second kappa shape index (κ2) is 13.2. The van der Waals surface area contributed by atoms with Gasteiger partial charge in [0.05, 0.1) is 13.0 Å². The quantitative estimate of drug-likeness (QED) is 0.332. The van der Waals surface area contributed by atoms with Gasteiger partial charge in [0.15, 0.2) is 18.7 Å². The Morgan fingerprint density at radius 1 is 1.11 bits per heavy atom. The predicted octanol–water partition coefficient (Wildman–Crippen LogP) is 3.58. The molecule has 1 aromatic carbocycles. The van der Waals surface area contributed by atoms with E-state index in [0.29, 0.717) is 6.42 Å². The minimum Gasteiger partial charge on any atom is -0.456 e. The lowest BCUT2D eigenvalue weighted by atomic mass is 9.97. The molecule has 8 heteroatoms. The van der Waals surface area contributed by atoms with E-state index in [-0.39, 0.29) is 13.0 Å².